The third kappa shape index (κ3) is 5.09. The minimum Gasteiger partial charge on any atom is -0.479 e. The standard InChI is InChI=1S/C17H21NO7/c1-12(17(21)22)25-11-10-24-9-8-23-7-6-18-15(19)13-4-2-3-5-14(13)16(18)20/h2-5,12H,6-11H2,1H3,(H,21,22). The summed E-state index contributed by atoms with van der Waals surface area (Å²) in [5.41, 5.74) is 0.845. The molecule has 8 heteroatoms. The van der Waals surface area contributed by atoms with Crippen molar-refractivity contribution in [2.24, 2.45) is 0 Å². The third-order valence-corrected chi connectivity index (χ3v) is 3.65. The summed E-state index contributed by atoms with van der Waals surface area (Å²) < 4.78 is 15.6. The summed E-state index contributed by atoms with van der Waals surface area (Å²) in [5.74, 6) is -1.62. The van der Waals surface area contributed by atoms with Crippen LogP contribution in [-0.4, -0.2) is 73.5 Å². The first-order chi connectivity index (χ1) is 12.0. The number of aliphatic carboxylic acids is 1. The Morgan fingerprint density at radius 3 is 2.08 bits per heavy atom. The van der Waals surface area contributed by atoms with Gasteiger partial charge in [-0.2, -0.15) is 0 Å². The molecule has 0 fully saturated rings. The Morgan fingerprint density at radius 2 is 1.52 bits per heavy atom. The highest BCUT2D eigenvalue weighted by Crippen LogP contribution is 2.21. The van der Waals surface area contributed by atoms with Crippen molar-refractivity contribution in [3.05, 3.63) is 35.4 Å². The fraction of sp³-hybridized carbons (Fsp3) is 0.471. The molecule has 0 saturated carbocycles. The molecule has 0 bridgehead atoms. The zero-order valence-corrected chi connectivity index (χ0v) is 14.0. The van der Waals surface area contributed by atoms with Gasteiger partial charge in [-0.05, 0) is 19.1 Å². The van der Waals surface area contributed by atoms with Crippen molar-refractivity contribution in [1.29, 1.82) is 0 Å². The zero-order valence-electron chi connectivity index (χ0n) is 14.0. The molecule has 0 spiro atoms. The largest absolute Gasteiger partial charge is 0.479 e. The quantitative estimate of drug-likeness (QED) is 0.465. The molecule has 1 atom stereocenters. The number of carbonyl (C=O) groups excluding carboxylic acids is 2. The molecule has 0 radical (unpaired) electrons. The average molecular weight is 351 g/mol. The van der Waals surface area contributed by atoms with Crippen molar-refractivity contribution in [2.75, 3.05) is 39.6 Å². The monoisotopic (exact) mass is 351 g/mol. The number of carbonyl (C=O) groups is 3. The summed E-state index contributed by atoms with van der Waals surface area (Å²) in [6.07, 6.45) is -0.862. The van der Waals surface area contributed by atoms with Gasteiger partial charge in [0.25, 0.3) is 11.8 Å². The molecule has 2 rings (SSSR count). The number of fused-ring (bicyclic) bond motifs is 1. The number of carboxylic acids is 1. The molecule has 2 amide bonds. The van der Waals surface area contributed by atoms with E-state index in [9.17, 15) is 14.4 Å². The van der Waals surface area contributed by atoms with Crippen molar-refractivity contribution in [3.63, 3.8) is 0 Å². The topological polar surface area (TPSA) is 102 Å². The molecule has 0 aromatic heterocycles. The number of hydrogen-bond acceptors (Lipinski definition) is 6. The van der Waals surface area contributed by atoms with Crippen LogP contribution in [-0.2, 0) is 19.0 Å². The Balaban J connectivity index is 1.55. The van der Waals surface area contributed by atoms with Gasteiger partial charge in [0.1, 0.15) is 0 Å². The van der Waals surface area contributed by atoms with Gasteiger partial charge in [-0.3, -0.25) is 14.5 Å². The number of rotatable bonds is 11. The summed E-state index contributed by atoms with van der Waals surface area (Å²) in [7, 11) is 0. The van der Waals surface area contributed by atoms with Crippen molar-refractivity contribution in [1.82, 2.24) is 4.90 Å². The van der Waals surface area contributed by atoms with E-state index in [1.165, 1.54) is 11.8 Å². The van der Waals surface area contributed by atoms with Crippen LogP contribution < -0.4 is 0 Å². The van der Waals surface area contributed by atoms with Crippen LogP contribution in [0.4, 0.5) is 0 Å². The molecule has 0 saturated heterocycles. The van der Waals surface area contributed by atoms with Gasteiger partial charge >= 0.3 is 5.97 Å². The smallest absolute Gasteiger partial charge is 0.332 e. The van der Waals surface area contributed by atoms with Crippen LogP contribution in [0.1, 0.15) is 27.6 Å². The van der Waals surface area contributed by atoms with E-state index in [1.54, 1.807) is 24.3 Å². The van der Waals surface area contributed by atoms with Crippen LogP contribution in [0.15, 0.2) is 24.3 Å². The second kappa shape index (κ2) is 9.26. The molecule has 0 aliphatic carbocycles. The lowest BCUT2D eigenvalue weighted by Crippen LogP contribution is -2.33. The first-order valence-electron chi connectivity index (χ1n) is 7.97. The first-order valence-corrected chi connectivity index (χ1v) is 7.97. The number of imide groups is 1. The minimum atomic E-state index is -1.02. The number of carboxylic acid groups (broad SMARTS) is 1. The van der Waals surface area contributed by atoms with Gasteiger partial charge in [0, 0.05) is 0 Å². The van der Waals surface area contributed by atoms with Crippen LogP contribution in [0.25, 0.3) is 0 Å². The van der Waals surface area contributed by atoms with Gasteiger partial charge in [0.2, 0.25) is 0 Å². The average Bonchev–Trinajstić information content (AvgIpc) is 2.85. The van der Waals surface area contributed by atoms with Crippen molar-refractivity contribution in [2.45, 2.75) is 13.0 Å². The molecule has 1 heterocycles. The molecule has 1 aromatic rings. The highest BCUT2D eigenvalue weighted by atomic mass is 16.6. The fourth-order valence-electron chi connectivity index (χ4n) is 2.28. The second-order valence-electron chi connectivity index (χ2n) is 5.38. The van der Waals surface area contributed by atoms with E-state index in [0.29, 0.717) is 24.3 Å². The van der Waals surface area contributed by atoms with Gasteiger partial charge in [-0.25, -0.2) is 4.79 Å². The van der Waals surface area contributed by atoms with Crippen LogP contribution in [0.5, 0.6) is 0 Å². The molecule has 25 heavy (non-hydrogen) atoms. The number of nitrogens with zero attached hydrogens (tertiary/aromatic N) is 1. The number of benzene rings is 1. The molecule has 1 N–H and O–H groups in total. The highest BCUT2D eigenvalue weighted by Gasteiger charge is 2.34. The first kappa shape index (κ1) is 19.0. The molecule has 136 valence electrons. The predicted molar refractivity (Wildman–Crippen MR) is 86.5 cm³/mol. The van der Waals surface area contributed by atoms with E-state index >= 15 is 0 Å². The summed E-state index contributed by atoms with van der Waals surface area (Å²) in [6, 6.07) is 6.72. The van der Waals surface area contributed by atoms with Crippen LogP contribution in [0.2, 0.25) is 0 Å². The number of amides is 2. The molecule has 8 nitrogen and oxygen atoms in total. The lowest BCUT2D eigenvalue weighted by molar-refractivity contribution is -0.150. The predicted octanol–water partition coefficient (Wildman–Crippen LogP) is 0.805. The van der Waals surface area contributed by atoms with Crippen LogP contribution in [0.3, 0.4) is 0 Å². The van der Waals surface area contributed by atoms with E-state index < -0.39 is 12.1 Å². The lowest BCUT2D eigenvalue weighted by atomic mass is 10.1. The Kier molecular flexibility index (Phi) is 7.05. The maximum atomic E-state index is 12.1. The van der Waals surface area contributed by atoms with E-state index in [1.807, 2.05) is 0 Å². The third-order valence-electron chi connectivity index (χ3n) is 3.65. The zero-order chi connectivity index (χ0) is 18.2. The molecule has 1 aliphatic rings. The van der Waals surface area contributed by atoms with Crippen molar-refractivity contribution in [3.8, 4) is 0 Å². The Morgan fingerprint density at radius 1 is 1.00 bits per heavy atom. The van der Waals surface area contributed by atoms with Crippen molar-refractivity contribution >= 4 is 17.8 Å². The summed E-state index contributed by atoms with van der Waals surface area (Å²) in [4.78, 5) is 35.9. The molecular formula is C17H21NO7. The second-order valence-corrected chi connectivity index (χ2v) is 5.38. The molecule has 1 unspecified atom stereocenters. The Hall–Kier alpha value is -2.29. The van der Waals surface area contributed by atoms with E-state index in [4.69, 9.17) is 19.3 Å². The minimum absolute atomic E-state index is 0.183. The summed E-state index contributed by atoms with van der Waals surface area (Å²) in [6.45, 7) is 2.92. The normalized spacial score (nSPS) is 14.7. The van der Waals surface area contributed by atoms with Crippen LogP contribution in [0, 0.1) is 0 Å². The maximum Gasteiger partial charge on any atom is 0.332 e. The molecule has 1 aliphatic heterocycles. The van der Waals surface area contributed by atoms with E-state index in [-0.39, 0.29) is 38.2 Å². The van der Waals surface area contributed by atoms with Gasteiger partial charge < -0.3 is 19.3 Å². The SMILES string of the molecule is CC(OCCOCCOCCN1C(=O)c2ccccc2C1=O)C(=O)O. The Labute approximate surface area is 145 Å². The van der Waals surface area contributed by atoms with Crippen molar-refractivity contribution < 1.29 is 33.7 Å². The van der Waals surface area contributed by atoms with Gasteiger partial charge in [-0.15, -0.1) is 0 Å². The Bertz CT molecular complexity index is 596. The van der Waals surface area contributed by atoms with Crippen LogP contribution >= 0.6 is 0 Å². The lowest BCUT2D eigenvalue weighted by Gasteiger charge is -2.14. The van der Waals surface area contributed by atoms with Gasteiger partial charge in [0.05, 0.1) is 50.7 Å². The molecular weight excluding hydrogens is 330 g/mol. The molecule has 1 aromatic carbocycles. The summed E-state index contributed by atoms with van der Waals surface area (Å²) in [5, 5.41) is 8.63. The summed E-state index contributed by atoms with van der Waals surface area (Å²) >= 11 is 0. The fourth-order valence-corrected chi connectivity index (χ4v) is 2.28. The number of ether oxygens (including phenoxy) is 3. The van der Waals surface area contributed by atoms with E-state index in [2.05, 4.69) is 0 Å². The maximum absolute atomic E-state index is 12.1. The highest BCUT2D eigenvalue weighted by molar-refractivity contribution is 6.21. The van der Waals surface area contributed by atoms with E-state index in [0.717, 1.165) is 0 Å². The van der Waals surface area contributed by atoms with Gasteiger partial charge in [0.15, 0.2) is 6.10 Å². The number of hydrogen-bond donors (Lipinski definition) is 1. The van der Waals surface area contributed by atoms with Gasteiger partial charge in [-0.1, -0.05) is 12.1 Å².